The number of anilines is 1. The van der Waals surface area contributed by atoms with E-state index in [0.29, 0.717) is 23.6 Å². The van der Waals surface area contributed by atoms with Gasteiger partial charge in [-0.25, -0.2) is 4.98 Å². The van der Waals surface area contributed by atoms with E-state index in [2.05, 4.69) is 15.0 Å². The van der Waals surface area contributed by atoms with Crippen molar-refractivity contribution in [1.82, 2.24) is 19.5 Å². The van der Waals surface area contributed by atoms with E-state index in [1.807, 2.05) is 16.7 Å². The lowest BCUT2D eigenvalue weighted by atomic mass is 10.5. The molecule has 2 aromatic rings. The van der Waals surface area contributed by atoms with Crippen LogP contribution in [0, 0.1) is 0 Å². The normalized spacial score (nSPS) is 11.6. The average molecular weight is 258 g/mol. The van der Waals surface area contributed by atoms with Gasteiger partial charge in [-0.2, -0.15) is 9.97 Å². The van der Waals surface area contributed by atoms with Crippen molar-refractivity contribution in [2.24, 2.45) is 0 Å². The summed E-state index contributed by atoms with van der Waals surface area (Å²) in [6, 6.07) is 0. The van der Waals surface area contributed by atoms with E-state index in [4.69, 9.17) is 28.9 Å². The minimum Gasteiger partial charge on any atom is -0.368 e. The monoisotopic (exact) mass is 257 g/mol. The number of aromatic nitrogens is 4. The Balaban J connectivity index is 2.43. The Morgan fingerprint density at radius 1 is 1.38 bits per heavy atom. The van der Waals surface area contributed by atoms with Gasteiger partial charge in [0.15, 0.2) is 10.8 Å². The van der Waals surface area contributed by atoms with Crippen LogP contribution < -0.4 is 5.73 Å². The summed E-state index contributed by atoms with van der Waals surface area (Å²) >= 11 is 11.4. The number of allylic oxidation sites excluding steroid dienone is 2. The molecule has 0 spiro atoms. The fourth-order valence-corrected chi connectivity index (χ4v) is 1.66. The van der Waals surface area contributed by atoms with E-state index >= 15 is 0 Å². The molecule has 2 rings (SSSR count). The van der Waals surface area contributed by atoms with Crippen LogP contribution in [-0.4, -0.2) is 25.4 Å². The van der Waals surface area contributed by atoms with Crippen molar-refractivity contribution in [1.29, 1.82) is 0 Å². The Morgan fingerprint density at radius 2 is 2.19 bits per heavy atom. The topological polar surface area (TPSA) is 69.6 Å². The number of hydrogen-bond donors (Lipinski definition) is 1. The van der Waals surface area contributed by atoms with E-state index in [0.717, 1.165) is 0 Å². The predicted octanol–water partition coefficient (Wildman–Crippen LogP) is 1.86. The maximum atomic E-state index is 5.89. The molecule has 0 aliphatic rings. The zero-order valence-electron chi connectivity index (χ0n) is 8.27. The number of halogens is 2. The highest BCUT2D eigenvalue weighted by Gasteiger charge is 2.09. The fraction of sp³-hybridized carbons (Fsp3) is 0.222. The molecular formula is C9H9Cl2N5. The van der Waals surface area contributed by atoms with Gasteiger partial charge >= 0.3 is 0 Å². The quantitative estimate of drug-likeness (QED) is 0.518. The van der Waals surface area contributed by atoms with Gasteiger partial charge in [-0.1, -0.05) is 23.8 Å². The van der Waals surface area contributed by atoms with Crippen LogP contribution in [0.3, 0.4) is 0 Å². The number of hydrogen-bond acceptors (Lipinski definition) is 4. The summed E-state index contributed by atoms with van der Waals surface area (Å²) in [7, 11) is 0. The van der Waals surface area contributed by atoms with Gasteiger partial charge in [-0.3, -0.25) is 0 Å². The van der Waals surface area contributed by atoms with Gasteiger partial charge in [-0.15, -0.1) is 11.6 Å². The lowest BCUT2D eigenvalue weighted by Crippen LogP contribution is -2.00. The first kappa shape index (κ1) is 11.2. The van der Waals surface area contributed by atoms with Crippen molar-refractivity contribution in [2.75, 3.05) is 11.6 Å². The SMILES string of the molecule is Nc1nc(Cl)c2ncn(CC=CCCl)c2n1. The van der Waals surface area contributed by atoms with Crippen LogP contribution in [0.4, 0.5) is 5.95 Å². The van der Waals surface area contributed by atoms with Gasteiger partial charge < -0.3 is 10.3 Å². The Labute approximate surface area is 102 Å². The van der Waals surface area contributed by atoms with Gasteiger partial charge in [0.25, 0.3) is 0 Å². The number of alkyl halides is 1. The smallest absolute Gasteiger partial charge is 0.223 e. The van der Waals surface area contributed by atoms with Crippen molar-refractivity contribution in [3.63, 3.8) is 0 Å². The van der Waals surface area contributed by atoms with Crippen molar-refractivity contribution in [2.45, 2.75) is 6.54 Å². The first-order valence-corrected chi connectivity index (χ1v) is 5.48. The van der Waals surface area contributed by atoms with Crippen molar-refractivity contribution in [3.05, 3.63) is 23.6 Å². The van der Waals surface area contributed by atoms with E-state index in [-0.39, 0.29) is 11.1 Å². The zero-order valence-corrected chi connectivity index (χ0v) is 9.78. The molecule has 5 nitrogen and oxygen atoms in total. The maximum absolute atomic E-state index is 5.89. The Kier molecular flexibility index (Phi) is 3.26. The molecule has 0 radical (unpaired) electrons. The van der Waals surface area contributed by atoms with Crippen molar-refractivity contribution in [3.8, 4) is 0 Å². The third kappa shape index (κ3) is 2.10. The Morgan fingerprint density at radius 3 is 2.94 bits per heavy atom. The van der Waals surface area contributed by atoms with Gasteiger partial charge in [0.2, 0.25) is 5.95 Å². The van der Waals surface area contributed by atoms with Gasteiger partial charge in [-0.05, 0) is 0 Å². The van der Waals surface area contributed by atoms with E-state index in [1.165, 1.54) is 0 Å². The number of fused-ring (bicyclic) bond motifs is 1. The second kappa shape index (κ2) is 4.67. The molecule has 84 valence electrons. The molecule has 2 aromatic heterocycles. The third-order valence-corrected chi connectivity index (χ3v) is 2.44. The number of nitrogen functional groups attached to an aromatic ring is 1. The molecule has 0 aliphatic carbocycles. The van der Waals surface area contributed by atoms with Crippen LogP contribution in [0.2, 0.25) is 5.15 Å². The van der Waals surface area contributed by atoms with E-state index in [1.54, 1.807) is 6.33 Å². The number of imidazole rings is 1. The second-order valence-electron chi connectivity index (χ2n) is 3.07. The average Bonchev–Trinajstić information content (AvgIpc) is 2.62. The number of nitrogens with zero attached hydrogens (tertiary/aromatic N) is 4. The van der Waals surface area contributed by atoms with Crippen molar-refractivity contribution < 1.29 is 0 Å². The molecular weight excluding hydrogens is 249 g/mol. The molecule has 0 atom stereocenters. The fourth-order valence-electron chi connectivity index (χ4n) is 1.31. The summed E-state index contributed by atoms with van der Waals surface area (Å²) in [5.41, 5.74) is 6.69. The molecule has 2 N–H and O–H groups in total. The molecule has 0 unspecified atom stereocenters. The summed E-state index contributed by atoms with van der Waals surface area (Å²) < 4.78 is 1.82. The minimum atomic E-state index is 0.139. The summed E-state index contributed by atoms with van der Waals surface area (Å²) in [6.07, 6.45) is 5.41. The first-order valence-electron chi connectivity index (χ1n) is 4.57. The molecule has 16 heavy (non-hydrogen) atoms. The van der Waals surface area contributed by atoms with Gasteiger partial charge in [0.05, 0.1) is 6.33 Å². The highest BCUT2D eigenvalue weighted by atomic mass is 35.5. The van der Waals surface area contributed by atoms with E-state index in [9.17, 15) is 0 Å². The highest BCUT2D eigenvalue weighted by molar-refractivity contribution is 6.33. The molecule has 0 aliphatic heterocycles. The summed E-state index contributed by atoms with van der Waals surface area (Å²) in [5.74, 6) is 0.616. The van der Waals surface area contributed by atoms with Crippen molar-refractivity contribution >= 4 is 40.3 Å². The highest BCUT2D eigenvalue weighted by Crippen LogP contribution is 2.19. The summed E-state index contributed by atoms with van der Waals surface area (Å²) in [6.45, 7) is 0.621. The summed E-state index contributed by atoms with van der Waals surface area (Å²) in [5, 5.41) is 0.266. The van der Waals surface area contributed by atoms with Crippen LogP contribution in [0.15, 0.2) is 18.5 Å². The van der Waals surface area contributed by atoms with Gasteiger partial charge in [0, 0.05) is 12.4 Å². The largest absolute Gasteiger partial charge is 0.368 e. The Bertz CT molecular complexity index is 534. The lowest BCUT2D eigenvalue weighted by molar-refractivity contribution is 0.836. The minimum absolute atomic E-state index is 0.139. The third-order valence-electron chi connectivity index (χ3n) is 2.00. The van der Waals surface area contributed by atoms with Crippen LogP contribution >= 0.6 is 23.2 Å². The van der Waals surface area contributed by atoms with E-state index < -0.39 is 0 Å². The van der Waals surface area contributed by atoms with Gasteiger partial charge in [0.1, 0.15) is 5.52 Å². The van der Waals surface area contributed by atoms with Crippen LogP contribution in [-0.2, 0) is 6.54 Å². The molecule has 0 bridgehead atoms. The molecule has 0 saturated carbocycles. The number of rotatable bonds is 3. The standard InChI is InChI=1S/C9H9Cl2N5/c10-3-1-2-4-16-5-13-6-7(11)14-9(12)15-8(6)16/h1-2,5H,3-4H2,(H2,12,14,15). The molecule has 2 heterocycles. The maximum Gasteiger partial charge on any atom is 0.223 e. The molecule has 0 aromatic carbocycles. The van der Waals surface area contributed by atoms with Crippen LogP contribution in [0.25, 0.3) is 11.2 Å². The molecule has 0 amide bonds. The number of nitrogens with two attached hydrogens (primary N) is 1. The molecule has 0 fully saturated rings. The molecule has 0 saturated heterocycles. The van der Waals surface area contributed by atoms with Crippen LogP contribution in [0.1, 0.15) is 0 Å². The van der Waals surface area contributed by atoms with Crippen LogP contribution in [0.5, 0.6) is 0 Å². The summed E-state index contributed by atoms with van der Waals surface area (Å²) in [4.78, 5) is 12.0. The lowest BCUT2D eigenvalue weighted by Gasteiger charge is -1.99. The second-order valence-corrected chi connectivity index (χ2v) is 3.73. The Hall–Kier alpha value is -1.33. The first-order chi connectivity index (χ1) is 7.72. The zero-order chi connectivity index (χ0) is 11.5. The molecule has 7 heteroatoms. The predicted molar refractivity (Wildman–Crippen MR) is 64.6 cm³/mol.